The summed E-state index contributed by atoms with van der Waals surface area (Å²) in [7, 11) is -3.68. The van der Waals surface area contributed by atoms with Crippen molar-refractivity contribution >= 4 is 16.0 Å². The van der Waals surface area contributed by atoms with Crippen LogP contribution in [0.1, 0.15) is 5.56 Å². The average Bonchev–Trinajstić information content (AvgIpc) is 2.19. The van der Waals surface area contributed by atoms with E-state index in [4.69, 9.17) is 10.3 Å². The molecule has 0 saturated carbocycles. The van der Waals surface area contributed by atoms with Gasteiger partial charge in [0.2, 0.25) is 0 Å². The van der Waals surface area contributed by atoms with Crippen molar-refractivity contribution in [1.29, 1.82) is 0 Å². The molecule has 0 spiro atoms. The highest BCUT2D eigenvalue weighted by molar-refractivity contribution is 7.89. The molecule has 1 aromatic rings. The number of amidine groups is 1. The lowest BCUT2D eigenvalue weighted by Crippen LogP contribution is -2.07. The normalized spacial score (nSPS) is 11.8. The van der Waals surface area contributed by atoms with Crippen LogP contribution in [0.2, 0.25) is 0 Å². The van der Waals surface area contributed by atoms with E-state index < -0.39 is 16.0 Å². The van der Waals surface area contributed by atoms with Crippen molar-refractivity contribution in [3.8, 4) is 5.75 Å². The van der Waals surface area contributed by atoms with Gasteiger partial charge in [0.25, 0.3) is 16.0 Å². The van der Waals surface area contributed by atoms with Crippen molar-refractivity contribution in [2.75, 3.05) is 6.26 Å². The van der Waals surface area contributed by atoms with Crippen molar-refractivity contribution in [1.82, 2.24) is 0 Å². The van der Waals surface area contributed by atoms with Crippen molar-refractivity contribution in [2.24, 2.45) is 9.51 Å². The first-order valence-electron chi connectivity index (χ1n) is 4.50. The van der Waals surface area contributed by atoms with Gasteiger partial charge < -0.3 is 4.74 Å². The number of sulfonamides is 1. The molecule has 7 nitrogen and oxygen atoms in total. The first-order chi connectivity index (χ1) is 7.90. The Labute approximate surface area is 98.4 Å². The standard InChI is InChI=1S/C9H10N4O3S/c1-7-3-5-8(6-4-7)16-9(11-13-10)12-17(2,14)15/h3-6H,1-2H3/b12-9+. The lowest BCUT2D eigenvalue weighted by molar-refractivity contribution is 0.541. The molecule has 90 valence electrons. The molecule has 0 aliphatic carbocycles. The second-order valence-electron chi connectivity index (χ2n) is 3.21. The summed E-state index contributed by atoms with van der Waals surface area (Å²) in [6, 6.07) is 6.20. The zero-order valence-electron chi connectivity index (χ0n) is 9.23. The monoisotopic (exact) mass is 254 g/mol. The van der Waals surface area contributed by atoms with Crippen molar-refractivity contribution in [3.05, 3.63) is 40.3 Å². The Morgan fingerprint density at radius 3 is 2.41 bits per heavy atom. The van der Waals surface area contributed by atoms with Crippen molar-refractivity contribution in [2.45, 2.75) is 6.92 Å². The van der Waals surface area contributed by atoms with Crippen LogP contribution in [0.3, 0.4) is 0 Å². The van der Waals surface area contributed by atoms with Crippen LogP contribution in [0.4, 0.5) is 0 Å². The summed E-state index contributed by atoms with van der Waals surface area (Å²) in [5.74, 6) is 0.338. The van der Waals surface area contributed by atoms with Gasteiger partial charge in [0.1, 0.15) is 5.75 Å². The van der Waals surface area contributed by atoms with Crippen molar-refractivity contribution < 1.29 is 13.2 Å². The first-order valence-corrected chi connectivity index (χ1v) is 6.35. The highest BCUT2D eigenvalue weighted by Gasteiger charge is 2.05. The number of aryl methyl sites for hydroxylation is 1. The van der Waals surface area contributed by atoms with Crippen LogP contribution in [0.5, 0.6) is 5.75 Å². The van der Waals surface area contributed by atoms with E-state index in [1.807, 2.05) is 6.92 Å². The molecule has 0 aromatic heterocycles. The first kappa shape index (κ1) is 13.0. The van der Waals surface area contributed by atoms with Crippen LogP contribution in [-0.4, -0.2) is 20.7 Å². The molecule has 0 aliphatic rings. The van der Waals surface area contributed by atoms with Gasteiger partial charge in [-0.3, -0.25) is 0 Å². The third-order valence-corrected chi connectivity index (χ3v) is 2.09. The molecule has 17 heavy (non-hydrogen) atoms. The minimum Gasteiger partial charge on any atom is -0.437 e. The van der Waals surface area contributed by atoms with Gasteiger partial charge in [0.15, 0.2) is 0 Å². The van der Waals surface area contributed by atoms with Gasteiger partial charge >= 0.3 is 0 Å². The molecule has 0 saturated heterocycles. The number of ether oxygens (including phenoxy) is 1. The number of hydrogen-bond acceptors (Lipinski definition) is 3. The molecule has 0 heterocycles. The quantitative estimate of drug-likeness (QED) is 0.265. The minimum atomic E-state index is -3.68. The van der Waals surface area contributed by atoms with Crippen molar-refractivity contribution in [3.63, 3.8) is 0 Å². The van der Waals surface area contributed by atoms with E-state index in [1.54, 1.807) is 24.3 Å². The number of azide groups is 1. The third kappa shape index (κ3) is 5.01. The maximum atomic E-state index is 10.9. The zero-order chi connectivity index (χ0) is 12.9. The van der Waals surface area contributed by atoms with Crippen LogP contribution in [0, 0.1) is 6.92 Å². The van der Waals surface area contributed by atoms with Crippen LogP contribution in [0.25, 0.3) is 10.4 Å². The zero-order valence-corrected chi connectivity index (χ0v) is 10.0. The van der Waals surface area contributed by atoms with Gasteiger partial charge in [-0.2, -0.15) is 0 Å². The fraction of sp³-hybridized carbons (Fsp3) is 0.222. The Kier molecular flexibility index (Phi) is 4.08. The Hall–Kier alpha value is -2.05. The fourth-order valence-electron chi connectivity index (χ4n) is 0.949. The number of nitrogens with zero attached hydrogens (tertiary/aromatic N) is 4. The van der Waals surface area contributed by atoms with Gasteiger partial charge in [-0.1, -0.05) is 17.7 Å². The maximum Gasteiger partial charge on any atom is 0.295 e. The lowest BCUT2D eigenvalue weighted by Gasteiger charge is -2.03. The Balaban J connectivity index is 3.00. The van der Waals surface area contributed by atoms with E-state index in [-0.39, 0.29) is 0 Å². The molecule has 0 N–H and O–H groups in total. The number of rotatable bonds is 2. The highest BCUT2D eigenvalue weighted by atomic mass is 32.2. The Bertz CT molecular complexity index is 571. The molecule has 0 fully saturated rings. The predicted octanol–water partition coefficient (Wildman–Crippen LogP) is 2.00. The Morgan fingerprint density at radius 2 is 1.94 bits per heavy atom. The highest BCUT2D eigenvalue weighted by Crippen LogP contribution is 2.12. The topological polar surface area (TPSA) is 104 Å². The maximum absolute atomic E-state index is 10.9. The van der Waals surface area contributed by atoms with E-state index in [9.17, 15) is 8.42 Å². The second-order valence-corrected chi connectivity index (χ2v) is 4.86. The molecule has 1 aromatic carbocycles. The summed E-state index contributed by atoms with van der Waals surface area (Å²) < 4.78 is 30.0. The van der Waals surface area contributed by atoms with E-state index in [0.717, 1.165) is 11.8 Å². The lowest BCUT2D eigenvalue weighted by atomic mass is 10.2. The largest absolute Gasteiger partial charge is 0.437 e. The summed E-state index contributed by atoms with van der Waals surface area (Å²) in [6.07, 6.45) is 0.873. The van der Waals surface area contributed by atoms with Crippen LogP contribution < -0.4 is 4.74 Å². The number of hydrogen-bond donors (Lipinski definition) is 0. The third-order valence-electron chi connectivity index (χ3n) is 1.60. The van der Waals surface area contributed by atoms with Gasteiger partial charge in [0, 0.05) is 4.91 Å². The molecule has 8 heteroatoms. The smallest absolute Gasteiger partial charge is 0.295 e. The van der Waals surface area contributed by atoms with E-state index in [0.29, 0.717) is 5.75 Å². The average molecular weight is 254 g/mol. The van der Waals surface area contributed by atoms with Gasteiger partial charge in [-0.25, -0.2) is 8.42 Å². The SMILES string of the molecule is Cc1ccc(O/C(N=[N+]=[N-])=N/S(C)(=O)=O)cc1. The molecular formula is C9H10N4O3S. The van der Waals surface area contributed by atoms with Gasteiger partial charge in [-0.05, 0) is 29.7 Å². The molecular weight excluding hydrogens is 244 g/mol. The molecule has 0 radical (unpaired) electrons. The summed E-state index contributed by atoms with van der Waals surface area (Å²) in [5.41, 5.74) is 9.27. The predicted molar refractivity (Wildman–Crippen MR) is 63.2 cm³/mol. The van der Waals surface area contributed by atoms with E-state index in [2.05, 4.69) is 14.4 Å². The molecule has 0 unspecified atom stereocenters. The second kappa shape index (κ2) is 5.33. The summed E-state index contributed by atoms with van der Waals surface area (Å²) >= 11 is 0. The summed E-state index contributed by atoms with van der Waals surface area (Å²) in [5, 5.41) is 3.06. The van der Waals surface area contributed by atoms with Gasteiger partial charge in [0.05, 0.1) is 6.26 Å². The van der Waals surface area contributed by atoms with Crippen LogP contribution >= 0.6 is 0 Å². The van der Waals surface area contributed by atoms with Crippen LogP contribution in [0.15, 0.2) is 33.8 Å². The summed E-state index contributed by atoms with van der Waals surface area (Å²) in [4.78, 5) is 2.44. The minimum absolute atomic E-state index is 0.338. The fourth-order valence-corrected chi connectivity index (χ4v) is 1.31. The molecule has 0 aliphatic heterocycles. The molecule has 0 amide bonds. The van der Waals surface area contributed by atoms with E-state index in [1.165, 1.54) is 0 Å². The van der Waals surface area contributed by atoms with Crippen LogP contribution in [-0.2, 0) is 10.0 Å². The molecule has 1 rings (SSSR count). The number of benzene rings is 1. The van der Waals surface area contributed by atoms with E-state index >= 15 is 0 Å². The summed E-state index contributed by atoms with van der Waals surface area (Å²) in [6.45, 7) is 1.89. The Morgan fingerprint density at radius 1 is 1.35 bits per heavy atom. The molecule has 0 bridgehead atoms. The molecule has 0 atom stereocenters. The van der Waals surface area contributed by atoms with Gasteiger partial charge in [-0.15, -0.1) is 4.40 Å².